The summed E-state index contributed by atoms with van der Waals surface area (Å²) in [7, 11) is 0. The minimum Gasteiger partial charge on any atom is -0.456 e. The second-order valence-corrected chi connectivity index (χ2v) is 14.6. The number of halogens is 3. The van der Waals surface area contributed by atoms with Crippen molar-refractivity contribution in [1.82, 2.24) is 15.1 Å². The molecular weight excluding hydrogens is 624 g/mol. The molecule has 2 saturated heterocycles. The molecule has 0 unspecified atom stereocenters. The van der Waals surface area contributed by atoms with E-state index in [9.17, 15) is 9.18 Å². The molecule has 1 amide bonds. The summed E-state index contributed by atoms with van der Waals surface area (Å²) < 4.78 is 20.7. The predicted octanol–water partition coefficient (Wildman–Crippen LogP) is 7.57. The van der Waals surface area contributed by atoms with Crippen LogP contribution in [-0.2, 0) is 11.2 Å². The maximum absolute atomic E-state index is 13.9. The van der Waals surface area contributed by atoms with Gasteiger partial charge in [0.15, 0.2) is 0 Å². The first-order valence-corrected chi connectivity index (χ1v) is 16.8. The number of aryl methyl sites for hydroxylation is 1. The van der Waals surface area contributed by atoms with E-state index < -0.39 is 0 Å². The third-order valence-electron chi connectivity index (χ3n) is 10.2. The van der Waals surface area contributed by atoms with E-state index in [1.165, 1.54) is 62.4 Å². The van der Waals surface area contributed by atoms with E-state index in [4.69, 9.17) is 16.6 Å². The molecule has 3 heterocycles. The third kappa shape index (κ3) is 7.05. The van der Waals surface area contributed by atoms with E-state index in [2.05, 4.69) is 16.3 Å². The van der Waals surface area contributed by atoms with Crippen LogP contribution in [0.4, 0.5) is 4.39 Å². The van der Waals surface area contributed by atoms with Gasteiger partial charge in [0.25, 0.3) is 5.91 Å². The molecule has 2 aromatic rings. The summed E-state index contributed by atoms with van der Waals surface area (Å²) in [4.78, 5) is 19.1. The number of furan rings is 1. The minimum absolute atomic E-state index is 0. The molecule has 43 heavy (non-hydrogen) atoms. The van der Waals surface area contributed by atoms with Gasteiger partial charge in [0.2, 0.25) is 0 Å². The molecule has 6 aliphatic rings. The average Bonchev–Trinajstić information content (AvgIpc) is 3.49. The lowest BCUT2D eigenvalue weighted by Crippen LogP contribution is -2.57. The van der Waals surface area contributed by atoms with Gasteiger partial charge in [-0.25, -0.2) is 4.39 Å². The van der Waals surface area contributed by atoms with Crippen molar-refractivity contribution in [3.63, 3.8) is 0 Å². The van der Waals surface area contributed by atoms with Crippen LogP contribution in [0.25, 0.3) is 17.4 Å². The summed E-state index contributed by atoms with van der Waals surface area (Å²) >= 11 is 7.28. The van der Waals surface area contributed by atoms with Gasteiger partial charge in [-0.05, 0) is 117 Å². The molecule has 0 atom stereocenters. The molecule has 5 nitrogen and oxygen atoms in total. The summed E-state index contributed by atoms with van der Waals surface area (Å²) in [5, 5.41) is 3.42. The molecule has 4 aliphatic carbocycles. The smallest absolute Gasteiger partial charge is 0.266 e. The van der Waals surface area contributed by atoms with Crippen molar-refractivity contribution in [1.29, 1.82) is 0 Å². The van der Waals surface area contributed by atoms with Gasteiger partial charge < -0.3 is 14.6 Å². The lowest BCUT2D eigenvalue weighted by Gasteiger charge is -2.56. The van der Waals surface area contributed by atoms with Crippen molar-refractivity contribution in [3.05, 3.63) is 52.4 Å². The highest BCUT2D eigenvalue weighted by Gasteiger charge is 2.53. The number of thiocarbonyl (C=S) groups is 1. The van der Waals surface area contributed by atoms with E-state index in [1.54, 1.807) is 12.1 Å². The number of unbranched alkanes of at least 4 members (excludes halogenated alkanes) is 2. The molecule has 0 spiro atoms. The number of amides is 1. The van der Waals surface area contributed by atoms with Crippen LogP contribution in [-0.4, -0.2) is 58.8 Å². The van der Waals surface area contributed by atoms with E-state index >= 15 is 0 Å². The molecule has 1 aromatic heterocycles. The molecule has 0 radical (unpaired) electrons. The summed E-state index contributed by atoms with van der Waals surface area (Å²) in [6, 6.07) is 8.77. The Balaban J connectivity index is 0.00000184. The third-order valence-corrected chi connectivity index (χ3v) is 11.5. The van der Waals surface area contributed by atoms with Gasteiger partial charge in [0.05, 0.1) is 4.91 Å². The molecule has 2 aliphatic heterocycles. The largest absolute Gasteiger partial charge is 0.456 e. The maximum Gasteiger partial charge on any atom is 0.266 e. The van der Waals surface area contributed by atoms with Gasteiger partial charge in [-0.1, -0.05) is 30.4 Å². The first-order chi connectivity index (χ1) is 20.0. The van der Waals surface area contributed by atoms with E-state index in [0.29, 0.717) is 26.8 Å². The number of nitrogens with zero attached hydrogens (tertiary/aromatic N) is 2. The van der Waals surface area contributed by atoms with Crippen LogP contribution in [0.2, 0.25) is 0 Å². The first kappa shape index (κ1) is 33.0. The summed E-state index contributed by atoms with van der Waals surface area (Å²) in [5.74, 6) is 4.14. The number of hydrogen-bond acceptors (Lipinski definition) is 6. The SMILES string of the molecule is Cl.Cl.O=C1/C(=C/c2oc(-c3ccc(F)cc3)cc2CCCCCN2CCNCC2)SC(=S)N1C1C2CC3CC(C2)CC1C3. The van der Waals surface area contributed by atoms with Crippen molar-refractivity contribution in [2.75, 3.05) is 32.7 Å². The summed E-state index contributed by atoms with van der Waals surface area (Å²) in [5.41, 5.74) is 1.94. The molecular formula is C33H42Cl2FN3O2S2. The van der Waals surface area contributed by atoms with Gasteiger partial charge in [-0.2, -0.15) is 0 Å². The maximum atomic E-state index is 13.9. The fourth-order valence-electron chi connectivity index (χ4n) is 8.45. The fourth-order valence-corrected chi connectivity index (χ4v) is 9.77. The fraction of sp³-hybridized carbons (Fsp3) is 0.576. The number of rotatable bonds is 9. The van der Waals surface area contributed by atoms with Gasteiger partial charge in [0.1, 0.15) is 21.7 Å². The van der Waals surface area contributed by atoms with Crippen molar-refractivity contribution in [2.45, 2.75) is 63.8 Å². The Morgan fingerprint density at radius 2 is 1.65 bits per heavy atom. The first-order valence-electron chi connectivity index (χ1n) is 15.6. The van der Waals surface area contributed by atoms with Crippen LogP contribution in [0, 0.1) is 29.5 Å². The molecule has 1 aromatic carbocycles. The highest BCUT2D eigenvalue weighted by molar-refractivity contribution is 8.26. The standard InChI is InChI=1S/C33H40FN3O2S2.2ClH/c34-27-7-5-23(6-8-27)28-19-24(4-2-1-3-11-36-12-9-35-10-13-36)29(39-28)20-30-32(38)37(33(40)41-30)31-25-15-21-14-22(17-25)18-26(31)16-21;;/h5-8,19-22,25-26,31,35H,1-4,9-18H2;2*1H/b30-20-;;. The number of nitrogens with one attached hydrogen (secondary N) is 1. The molecule has 4 bridgehead atoms. The van der Waals surface area contributed by atoms with E-state index in [1.807, 2.05) is 11.0 Å². The second kappa shape index (κ2) is 14.3. The molecule has 6 fully saturated rings. The Morgan fingerprint density at radius 3 is 2.33 bits per heavy atom. The summed E-state index contributed by atoms with van der Waals surface area (Å²) in [6.07, 6.45) is 12.6. The van der Waals surface area contributed by atoms with Crippen LogP contribution in [0.15, 0.2) is 39.7 Å². The zero-order valence-corrected chi connectivity index (χ0v) is 27.7. The van der Waals surface area contributed by atoms with Gasteiger partial charge >= 0.3 is 0 Å². The molecule has 10 heteroatoms. The number of benzene rings is 1. The van der Waals surface area contributed by atoms with Crippen LogP contribution in [0.1, 0.15) is 62.7 Å². The van der Waals surface area contributed by atoms with Crippen LogP contribution in [0.5, 0.6) is 0 Å². The molecule has 1 N–H and O–H groups in total. The Morgan fingerprint density at radius 1 is 0.977 bits per heavy atom. The normalized spacial score (nSPS) is 29.3. The van der Waals surface area contributed by atoms with Crippen LogP contribution < -0.4 is 5.32 Å². The summed E-state index contributed by atoms with van der Waals surface area (Å²) in [6.45, 7) is 5.58. The average molecular weight is 667 g/mol. The van der Waals surface area contributed by atoms with Crippen molar-refractivity contribution in [3.8, 4) is 11.3 Å². The van der Waals surface area contributed by atoms with Crippen molar-refractivity contribution < 1.29 is 13.6 Å². The number of carbonyl (C=O) groups excluding carboxylic acids is 1. The highest BCUT2D eigenvalue weighted by atomic mass is 35.5. The minimum atomic E-state index is -0.265. The van der Waals surface area contributed by atoms with Crippen molar-refractivity contribution >= 4 is 65.1 Å². The van der Waals surface area contributed by atoms with Crippen LogP contribution in [0.3, 0.4) is 0 Å². The van der Waals surface area contributed by atoms with E-state index in [-0.39, 0.29) is 42.6 Å². The molecule has 234 valence electrons. The Bertz CT molecular complexity index is 1300. The predicted molar refractivity (Wildman–Crippen MR) is 181 cm³/mol. The number of hydrogen-bond donors (Lipinski definition) is 1. The number of thioether (sulfide) groups is 1. The Hall–Kier alpha value is -1.42. The number of piperazine rings is 1. The molecule has 4 saturated carbocycles. The lowest BCUT2D eigenvalue weighted by molar-refractivity contribution is -0.130. The zero-order valence-electron chi connectivity index (χ0n) is 24.5. The quantitative estimate of drug-likeness (QED) is 0.169. The van der Waals surface area contributed by atoms with Gasteiger partial charge in [-0.3, -0.25) is 9.69 Å². The number of carbonyl (C=O) groups is 1. The Labute approximate surface area is 276 Å². The zero-order chi connectivity index (χ0) is 27.9. The van der Waals surface area contributed by atoms with Gasteiger partial charge in [-0.15, -0.1) is 24.8 Å². The van der Waals surface area contributed by atoms with Gasteiger partial charge in [0, 0.05) is 43.9 Å². The Kier molecular flexibility index (Phi) is 11.0. The topological polar surface area (TPSA) is 48.7 Å². The molecule has 8 rings (SSSR count). The van der Waals surface area contributed by atoms with Crippen molar-refractivity contribution in [2.24, 2.45) is 23.7 Å². The second-order valence-electron chi connectivity index (χ2n) is 12.9. The van der Waals surface area contributed by atoms with E-state index in [0.717, 1.165) is 80.7 Å². The monoisotopic (exact) mass is 665 g/mol. The lowest BCUT2D eigenvalue weighted by atomic mass is 9.54. The van der Waals surface area contributed by atoms with Crippen LogP contribution >= 0.6 is 48.8 Å². The highest BCUT2D eigenvalue weighted by Crippen LogP contribution is 2.56.